The second kappa shape index (κ2) is 6.71. The fraction of sp³-hybridized carbons (Fsp3) is 0.500. The molecule has 0 aliphatic rings. The smallest absolute Gasteiger partial charge is 0.407 e. The monoisotopic (exact) mass is 308 g/mol. The highest BCUT2D eigenvalue weighted by Crippen LogP contribution is 2.24. The molecule has 2 rings (SSSR count). The zero-order valence-electron chi connectivity index (χ0n) is 12.5. The van der Waals surface area contributed by atoms with Crippen molar-refractivity contribution >= 4 is 33.5 Å². The first-order chi connectivity index (χ1) is 9.96. The van der Waals surface area contributed by atoms with Crippen LogP contribution in [0.1, 0.15) is 27.2 Å². The van der Waals surface area contributed by atoms with Gasteiger partial charge in [-0.05, 0) is 38.6 Å². The van der Waals surface area contributed by atoms with Crippen molar-refractivity contribution in [3.8, 4) is 0 Å². The summed E-state index contributed by atoms with van der Waals surface area (Å²) in [7, 11) is 0. The summed E-state index contributed by atoms with van der Waals surface area (Å²) in [5.41, 5.74) is 0.484. The van der Waals surface area contributed by atoms with Crippen LogP contribution in [0.5, 0.6) is 0 Å². The molecule has 0 saturated carbocycles. The molecule has 2 heterocycles. The van der Waals surface area contributed by atoms with E-state index in [4.69, 9.17) is 4.74 Å². The predicted molar refractivity (Wildman–Crippen MR) is 84.8 cm³/mol. The van der Waals surface area contributed by atoms with Gasteiger partial charge in [0, 0.05) is 13.1 Å². The Morgan fingerprint density at radius 2 is 2.14 bits per heavy atom. The maximum absolute atomic E-state index is 11.5. The summed E-state index contributed by atoms with van der Waals surface area (Å²) in [5.74, 6) is 0.840. The second-order valence-electron chi connectivity index (χ2n) is 5.57. The average Bonchev–Trinajstić information content (AvgIpc) is 2.85. The quantitative estimate of drug-likeness (QED) is 0.830. The third kappa shape index (κ3) is 4.86. The van der Waals surface area contributed by atoms with E-state index in [0.717, 1.165) is 29.0 Å². The maximum Gasteiger partial charge on any atom is 0.407 e. The van der Waals surface area contributed by atoms with E-state index in [1.54, 1.807) is 17.7 Å². The molecule has 0 unspecified atom stereocenters. The number of hydrogen-bond acceptors (Lipinski definition) is 6. The Labute approximate surface area is 127 Å². The van der Waals surface area contributed by atoms with Crippen LogP contribution in [0, 0.1) is 0 Å². The number of ether oxygens (including phenoxy) is 1. The fourth-order valence-electron chi connectivity index (χ4n) is 1.71. The number of thiophene rings is 1. The van der Waals surface area contributed by atoms with Gasteiger partial charge in [-0.1, -0.05) is 0 Å². The normalized spacial score (nSPS) is 11.4. The molecule has 0 aliphatic heterocycles. The standard InChI is InChI=1S/C14H20N4O2S/c1-14(2,3)20-13(19)16-7-4-6-15-12-11-10(5-8-21-11)17-9-18-12/h5,8-9H,4,6-7H2,1-3H3,(H,16,19)(H,15,17,18). The molecule has 0 radical (unpaired) electrons. The first kappa shape index (κ1) is 15.5. The van der Waals surface area contributed by atoms with Gasteiger partial charge in [-0.3, -0.25) is 0 Å². The zero-order valence-corrected chi connectivity index (χ0v) is 13.3. The summed E-state index contributed by atoms with van der Waals surface area (Å²) >= 11 is 1.61. The van der Waals surface area contributed by atoms with Crippen LogP contribution in [0.4, 0.5) is 10.6 Å². The Balaban J connectivity index is 1.71. The number of carbonyl (C=O) groups is 1. The van der Waals surface area contributed by atoms with Gasteiger partial charge in [0.05, 0.1) is 10.2 Å². The van der Waals surface area contributed by atoms with E-state index in [1.165, 1.54) is 0 Å². The number of fused-ring (bicyclic) bond motifs is 1. The Morgan fingerprint density at radius 3 is 2.90 bits per heavy atom. The molecular weight excluding hydrogens is 288 g/mol. The van der Waals surface area contributed by atoms with Crippen molar-refractivity contribution < 1.29 is 9.53 Å². The number of rotatable bonds is 5. The van der Waals surface area contributed by atoms with E-state index in [2.05, 4.69) is 20.6 Å². The van der Waals surface area contributed by atoms with Crippen LogP contribution in [-0.2, 0) is 4.74 Å². The molecule has 21 heavy (non-hydrogen) atoms. The number of aromatic nitrogens is 2. The molecule has 114 valence electrons. The average molecular weight is 308 g/mol. The minimum absolute atomic E-state index is 0.384. The van der Waals surface area contributed by atoms with E-state index < -0.39 is 5.60 Å². The van der Waals surface area contributed by atoms with Gasteiger partial charge in [-0.2, -0.15) is 0 Å². The summed E-state index contributed by atoms with van der Waals surface area (Å²) in [6.07, 6.45) is 1.96. The summed E-state index contributed by atoms with van der Waals surface area (Å²) in [5, 5.41) is 7.98. The van der Waals surface area contributed by atoms with Gasteiger partial charge >= 0.3 is 6.09 Å². The van der Waals surface area contributed by atoms with Crippen molar-refractivity contribution in [1.82, 2.24) is 15.3 Å². The molecule has 2 aromatic heterocycles. The van der Waals surface area contributed by atoms with Gasteiger partial charge in [0.2, 0.25) is 0 Å². The molecule has 2 N–H and O–H groups in total. The highest BCUT2D eigenvalue weighted by Gasteiger charge is 2.15. The summed E-state index contributed by atoms with van der Waals surface area (Å²) in [4.78, 5) is 19.9. The van der Waals surface area contributed by atoms with E-state index in [0.29, 0.717) is 6.54 Å². The lowest BCUT2D eigenvalue weighted by atomic mass is 10.2. The number of nitrogens with one attached hydrogen (secondary N) is 2. The van der Waals surface area contributed by atoms with Crippen molar-refractivity contribution in [2.24, 2.45) is 0 Å². The molecule has 0 saturated heterocycles. The third-order valence-corrected chi connectivity index (χ3v) is 3.47. The third-order valence-electron chi connectivity index (χ3n) is 2.56. The second-order valence-corrected chi connectivity index (χ2v) is 6.48. The topological polar surface area (TPSA) is 76.1 Å². The molecule has 0 bridgehead atoms. The Bertz CT molecular complexity index is 606. The summed E-state index contributed by atoms with van der Waals surface area (Å²) in [6.45, 7) is 6.81. The molecule has 2 aromatic rings. The van der Waals surface area contributed by atoms with Gasteiger partial charge in [-0.25, -0.2) is 14.8 Å². The van der Waals surface area contributed by atoms with E-state index in [-0.39, 0.29) is 6.09 Å². The molecule has 1 amide bonds. The van der Waals surface area contributed by atoms with Gasteiger partial charge in [0.1, 0.15) is 17.7 Å². The Kier molecular flexibility index (Phi) is 4.95. The number of anilines is 1. The minimum Gasteiger partial charge on any atom is -0.444 e. The summed E-state index contributed by atoms with van der Waals surface area (Å²) < 4.78 is 6.21. The van der Waals surface area contributed by atoms with Crippen molar-refractivity contribution in [1.29, 1.82) is 0 Å². The molecule has 7 heteroatoms. The van der Waals surface area contributed by atoms with Crippen molar-refractivity contribution in [2.45, 2.75) is 32.8 Å². The van der Waals surface area contributed by atoms with Crippen molar-refractivity contribution in [3.05, 3.63) is 17.8 Å². The number of carbonyl (C=O) groups excluding carboxylic acids is 1. The molecular formula is C14H20N4O2S. The lowest BCUT2D eigenvalue weighted by Crippen LogP contribution is -2.33. The predicted octanol–water partition coefficient (Wildman–Crippen LogP) is 3.02. The van der Waals surface area contributed by atoms with Crippen LogP contribution in [0.15, 0.2) is 17.8 Å². The minimum atomic E-state index is -0.464. The SMILES string of the molecule is CC(C)(C)OC(=O)NCCCNc1ncnc2ccsc12. The van der Waals surface area contributed by atoms with E-state index in [9.17, 15) is 4.79 Å². The van der Waals surface area contributed by atoms with E-state index in [1.807, 2.05) is 32.2 Å². The van der Waals surface area contributed by atoms with Crippen LogP contribution < -0.4 is 10.6 Å². The lowest BCUT2D eigenvalue weighted by Gasteiger charge is -2.19. The largest absolute Gasteiger partial charge is 0.444 e. The number of amides is 1. The molecule has 0 aromatic carbocycles. The zero-order chi connectivity index (χ0) is 15.3. The highest BCUT2D eigenvalue weighted by atomic mass is 32.1. The molecule has 0 spiro atoms. The van der Waals surface area contributed by atoms with E-state index >= 15 is 0 Å². The first-order valence-electron chi connectivity index (χ1n) is 6.84. The van der Waals surface area contributed by atoms with Gasteiger partial charge in [0.15, 0.2) is 0 Å². The highest BCUT2D eigenvalue weighted by molar-refractivity contribution is 7.17. The van der Waals surface area contributed by atoms with Crippen LogP contribution in [-0.4, -0.2) is 34.8 Å². The van der Waals surface area contributed by atoms with Gasteiger partial charge < -0.3 is 15.4 Å². The summed E-state index contributed by atoms with van der Waals surface area (Å²) in [6, 6.07) is 1.97. The van der Waals surface area contributed by atoms with Gasteiger partial charge in [0.25, 0.3) is 0 Å². The van der Waals surface area contributed by atoms with Crippen LogP contribution in [0.3, 0.4) is 0 Å². The maximum atomic E-state index is 11.5. The Hall–Kier alpha value is -1.89. The number of nitrogens with zero attached hydrogens (tertiary/aromatic N) is 2. The van der Waals surface area contributed by atoms with Crippen molar-refractivity contribution in [2.75, 3.05) is 18.4 Å². The van der Waals surface area contributed by atoms with Crippen LogP contribution in [0.2, 0.25) is 0 Å². The molecule has 0 atom stereocenters. The van der Waals surface area contributed by atoms with Gasteiger partial charge in [-0.15, -0.1) is 11.3 Å². The number of alkyl carbamates (subject to hydrolysis) is 1. The first-order valence-corrected chi connectivity index (χ1v) is 7.72. The fourth-order valence-corrected chi connectivity index (χ4v) is 2.53. The lowest BCUT2D eigenvalue weighted by molar-refractivity contribution is 0.0528. The molecule has 6 nitrogen and oxygen atoms in total. The molecule has 0 aliphatic carbocycles. The number of hydrogen-bond donors (Lipinski definition) is 2. The molecule has 0 fully saturated rings. The van der Waals surface area contributed by atoms with Crippen LogP contribution >= 0.6 is 11.3 Å². The Morgan fingerprint density at radius 1 is 1.33 bits per heavy atom. The van der Waals surface area contributed by atoms with Crippen LogP contribution in [0.25, 0.3) is 10.2 Å². The van der Waals surface area contributed by atoms with Crippen molar-refractivity contribution in [3.63, 3.8) is 0 Å².